The van der Waals surface area contributed by atoms with E-state index in [0.29, 0.717) is 5.56 Å². The van der Waals surface area contributed by atoms with E-state index in [1.807, 2.05) is 55.4 Å². The summed E-state index contributed by atoms with van der Waals surface area (Å²) in [6.45, 7) is 2.83. The molecule has 1 N–H and O–H groups in total. The van der Waals surface area contributed by atoms with Crippen molar-refractivity contribution in [3.63, 3.8) is 0 Å². The number of carbonyl (C=O) groups excluding carboxylic acids is 1. The molecule has 5 heteroatoms. The van der Waals surface area contributed by atoms with Crippen LogP contribution in [0.25, 0.3) is 0 Å². The van der Waals surface area contributed by atoms with Crippen molar-refractivity contribution in [1.82, 2.24) is 10.2 Å². The zero-order chi connectivity index (χ0) is 18.5. The Balaban J connectivity index is 1.55. The molecule has 138 valence electrons. The first-order valence-corrected chi connectivity index (χ1v) is 9.44. The van der Waals surface area contributed by atoms with E-state index in [9.17, 15) is 4.79 Å². The van der Waals surface area contributed by atoms with Gasteiger partial charge < -0.3 is 10.2 Å². The highest BCUT2D eigenvalue weighted by molar-refractivity contribution is 6.30. The van der Waals surface area contributed by atoms with Gasteiger partial charge in [0.05, 0.1) is 0 Å². The Kier molecular flexibility index (Phi) is 6.17. The van der Waals surface area contributed by atoms with Crippen molar-refractivity contribution in [3.05, 3.63) is 64.7 Å². The minimum absolute atomic E-state index is 0.00801. The van der Waals surface area contributed by atoms with E-state index >= 15 is 0 Å². The molecule has 1 heterocycles. The third kappa shape index (κ3) is 4.99. The van der Waals surface area contributed by atoms with Gasteiger partial charge in [0, 0.05) is 49.5 Å². The Morgan fingerprint density at radius 1 is 1.15 bits per heavy atom. The summed E-state index contributed by atoms with van der Waals surface area (Å²) in [6, 6.07) is 15.9. The van der Waals surface area contributed by atoms with Crippen LogP contribution in [0.3, 0.4) is 0 Å². The van der Waals surface area contributed by atoms with Gasteiger partial charge in [-0.05, 0) is 61.3 Å². The number of halogens is 1. The predicted octanol–water partition coefficient (Wildman–Crippen LogP) is 3.80. The van der Waals surface area contributed by atoms with Gasteiger partial charge >= 0.3 is 0 Å². The number of anilines is 1. The third-order valence-corrected chi connectivity index (χ3v) is 5.06. The number of rotatable bonds is 5. The zero-order valence-electron chi connectivity index (χ0n) is 15.4. The van der Waals surface area contributed by atoms with Crippen LogP contribution in [0.15, 0.2) is 48.5 Å². The lowest BCUT2D eigenvalue weighted by Crippen LogP contribution is -2.47. The van der Waals surface area contributed by atoms with Gasteiger partial charge in [-0.15, -0.1) is 0 Å². The lowest BCUT2D eigenvalue weighted by atomic mass is 10.0. The fraction of sp³-hybridized carbons (Fsp3) is 0.381. The normalized spacial score (nSPS) is 17.7. The summed E-state index contributed by atoms with van der Waals surface area (Å²) in [6.07, 6.45) is 2.12. The monoisotopic (exact) mass is 371 g/mol. The smallest absolute Gasteiger partial charge is 0.251 e. The molecule has 0 aliphatic carbocycles. The zero-order valence-corrected chi connectivity index (χ0v) is 16.2. The standard InChI is InChI=1S/C21H26ClN3O/c1-24(2)20-11-7-17(8-12-20)21(26)23-19-4-3-13-25(15-19)14-16-5-9-18(22)10-6-16/h5-12,19H,3-4,13-15H2,1-2H3,(H,23,26). The van der Waals surface area contributed by atoms with Crippen LogP contribution in [0.4, 0.5) is 5.69 Å². The molecule has 1 aliphatic rings. The number of nitrogens with one attached hydrogen (secondary N) is 1. The van der Waals surface area contributed by atoms with Crippen molar-refractivity contribution in [2.45, 2.75) is 25.4 Å². The van der Waals surface area contributed by atoms with Gasteiger partial charge in [0.1, 0.15) is 0 Å². The molecular weight excluding hydrogens is 346 g/mol. The molecule has 1 atom stereocenters. The van der Waals surface area contributed by atoms with E-state index < -0.39 is 0 Å². The molecule has 1 aliphatic heterocycles. The van der Waals surface area contributed by atoms with Crippen molar-refractivity contribution in [3.8, 4) is 0 Å². The molecule has 26 heavy (non-hydrogen) atoms. The minimum atomic E-state index is 0.00801. The van der Waals surface area contributed by atoms with E-state index in [-0.39, 0.29) is 11.9 Å². The first-order valence-electron chi connectivity index (χ1n) is 9.06. The minimum Gasteiger partial charge on any atom is -0.378 e. The molecule has 1 amide bonds. The van der Waals surface area contributed by atoms with Crippen LogP contribution >= 0.6 is 11.6 Å². The van der Waals surface area contributed by atoms with Gasteiger partial charge in [-0.2, -0.15) is 0 Å². The summed E-state index contributed by atoms with van der Waals surface area (Å²) in [5.41, 5.74) is 3.06. The van der Waals surface area contributed by atoms with Crippen LogP contribution in [0.1, 0.15) is 28.8 Å². The van der Waals surface area contributed by atoms with Crippen LogP contribution in [0.5, 0.6) is 0 Å². The highest BCUT2D eigenvalue weighted by Gasteiger charge is 2.22. The van der Waals surface area contributed by atoms with E-state index in [2.05, 4.69) is 22.3 Å². The van der Waals surface area contributed by atoms with Gasteiger partial charge in [-0.25, -0.2) is 0 Å². The number of piperidine rings is 1. The Hall–Kier alpha value is -2.04. The van der Waals surface area contributed by atoms with Crippen LogP contribution in [-0.4, -0.2) is 44.0 Å². The molecule has 0 spiro atoms. The van der Waals surface area contributed by atoms with Crippen molar-refractivity contribution < 1.29 is 4.79 Å². The molecule has 0 bridgehead atoms. The summed E-state index contributed by atoms with van der Waals surface area (Å²) in [4.78, 5) is 17.0. The van der Waals surface area contributed by atoms with E-state index in [0.717, 1.165) is 43.2 Å². The van der Waals surface area contributed by atoms with Crippen LogP contribution in [0, 0.1) is 0 Å². The summed E-state index contributed by atoms with van der Waals surface area (Å²) in [5, 5.41) is 3.96. The van der Waals surface area contributed by atoms with Gasteiger partial charge in [-0.3, -0.25) is 9.69 Å². The Morgan fingerprint density at radius 3 is 2.50 bits per heavy atom. The van der Waals surface area contributed by atoms with Crippen LogP contribution < -0.4 is 10.2 Å². The molecule has 4 nitrogen and oxygen atoms in total. The van der Waals surface area contributed by atoms with Gasteiger partial charge in [0.15, 0.2) is 0 Å². The van der Waals surface area contributed by atoms with Crippen molar-refractivity contribution in [1.29, 1.82) is 0 Å². The molecule has 1 fully saturated rings. The molecule has 0 aromatic heterocycles. The quantitative estimate of drug-likeness (QED) is 0.868. The number of nitrogens with zero attached hydrogens (tertiary/aromatic N) is 2. The maximum atomic E-state index is 12.5. The molecule has 2 aromatic carbocycles. The summed E-state index contributed by atoms with van der Waals surface area (Å²) in [5.74, 6) is 0.00801. The molecule has 0 radical (unpaired) electrons. The second-order valence-electron chi connectivity index (χ2n) is 7.12. The summed E-state index contributed by atoms with van der Waals surface area (Å²) < 4.78 is 0. The lowest BCUT2D eigenvalue weighted by Gasteiger charge is -2.33. The fourth-order valence-electron chi connectivity index (χ4n) is 3.34. The fourth-order valence-corrected chi connectivity index (χ4v) is 3.47. The molecule has 3 rings (SSSR count). The van der Waals surface area contributed by atoms with Crippen molar-refractivity contribution in [2.24, 2.45) is 0 Å². The predicted molar refractivity (Wildman–Crippen MR) is 108 cm³/mol. The molecule has 1 saturated heterocycles. The number of carbonyl (C=O) groups is 1. The first-order chi connectivity index (χ1) is 12.5. The second-order valence-corrected chi connectivity index (χ2v) is 7.55. The van der Waals surface area contributed by atoms with Crippen molar-refractivity contribution >= 4 is 23.2 Å². The topological polar surface area (TPSA) is 35.6 Å². The number of amides is 1. The highest BCUT2D eigenvalue weighted by atomic mass is 35.5. The Bertz CT molecular complexity index is 728. The Morgan fingerprint density at radius 2 is 1.85 bits per heavy atom. The summed E-state index contributed by atoms with van der Waals surface area (Å²) >= 11 is 5.96. The third-order valence-electron chi connectivity index (χ3n) is 4.81. The lowest BCUT2D eigenvalue weighted by molar-refractivity contribution is 0.0901. The first kappa shape index (κ1) is 18.7. The average Bonchev–Trinajstić information content (AvgIpc) is 2.64. The molecular formula is C21H26ClN3O. The maximum absolute atomic E-state index is 12.5. The highest BCUT2D eigenvalue weighted by Crippen LogP contribution is 2.17. The van der Waals surface area contributed by atoms with Crippen molar-refractivity contribution in [2.75, 3.05) is 32.1 Å². The Labute approximate surface area is 160 Å². The van der Waals surface area contributed by atoms with E-state index in [1.165, 1.54) is 5.56 Å². The van der Waals surface area contributed by atoms with E-state index in [1.54, 1.807) is 0 Å². The van der Waals surface area contributed by atoms with Gasteiger partial charge in [0.25, 0.3) is 5.91 Å². The maximum Gasteiger partial charge on any atom is 0.251 e. The van der Waals surface area contributed by atoms with E-state index in [4.69, 9.17) is 11.6 Å². The second kappa shape index (κ2) is 8.56. The molecule has 2 aromatic rings. The number of hydrogen-bond donors (Lipinski definition) is 1. The van der Waals surface area contributed by atoms with Crippen LogP contribution in [-0.2, 0) is 6.54 Å². The SMILES string of the molecule is CN(C)c1ccc(C(=O)NC2CCCN(Cc3ccc(Cl)cc3)C2)cc1. The molecule has 1 unspecified atom stereocenters. The number of benzene rings is 2. The summed E-state index contributed by atoms with van der Waals surface area (Å²) in [7, 11) is 3.98. The van der Waals surface area contributed by atoms with Gasteiger partial charge in [-0.1, -0.05) is 23.7 Å². The van der Waals surface area contributed by atoms with Gasteiger partial charge in [0.2, 0.25) is 0 Å². The average molecular weight is 372 g/mol. The van der Waals surface area contributed by atoms with Crippen LogP contribution in [0.2, 0.25) is 5.02 Å². The number of likely N-dealkylation sites (tertiary alicyclic amines) is 1. The largest absolute Gasteiger partial charge is 0.378 e. The number of hydrogen-bond acceptors (Lipinski definition) is 3. The molecule has 0 saturated carbocycles.